The third-order valence-corrected chi connectivity index (χ3v) is 5.13. The molecule has 0 bridgehead atoms. The molecule has 0 saturated heterocycles. The van der Waals surface area contributed by atoms with Crippen LogP contribution in [0.4, 0.5) is 18.6 Å². The second-order valence-electron chi connectivity index (χ2n) is 6.37. The molecule has 9 nitrogen and oxygen atoms in total. The van der Waals surface area contributed by atoms with E-state index in [1.807, 2.05) is 0 Å². The fraction of sp³-hybridized carbons (Fsp3) is 0.263. The molecule has 0 spiro atoms. The minimum atomic E-state index is -0.857. The van der Waals surface area contributed by atoms with E-state index in [1.54, 1.807) is 18.3 Å². The summed E-state index contributed by atoms with van der Waals surface area (Å²) in [6, 6.07) is 4.12. The Morgan fingerprint density at radius 2 is 2.03 bits per heavy atom. The van der Waals surface area contributed by atoms with Gasteiger partial charge in [0, 0.05) is 24.9 Å². The fourth-order valence-electron chi connectivity index (χ4n) is 2.82. The number of H-pyrrole nitrogens is 1. The first-order valence-corrected chi connectivity index (χ1v) is 9.96. The number of nitrogens with one attached hydrogen (secondary N) is 3. The predicted octanol–water partition coefficient (Wildman–Crippen LogP) is 2.85. The number of nitrogens with zero attached hydrogens (tertiary/aromatic N) is 2. The largest absolute Gasteiger partial charge is 0.472 e. The number of imidazole rings is 1. The van der Waals surface area contributed by atoms with E-state index in [0.717, 1.165) is 17.2 Å². The molecule has 0 aliphatic carbocycles. The number of rotatable bonds is 10. The van der Waals surface area contributed by atoms with Gasteiger partial charge in [0.25, 0.3) is 5.91 Å². The Labute approximate surface area is 180 Å². The molecule has 0 fully saturated rings. The molecule has 3 aromatic rings. The van der Waals surface area contributed by atoms with E-state index in [-0.39, 0.29) is 34.2 Å². The second kappa shape index (κ2) is 10.5. The molecular formula is C19H20F2N6O3S. The van der Waals surface area contributed by atoms with Crippen molar-refractivity contribution in [3.8, 4) is 5.88 Å². The molecule has 3 rings (SSSR count). The number of amides is 3. The molecule has 2 aromatic heterocycles. The SMILES string of the molecule is NC(=O)c1c(OCc2cccc(CF)c2CF)nsc1NC(=O)NCCc1cnc[nH]1. The topological polar surface area (TPSA) is 135 Å². The average molecular weight is 450 g/mol. The molecule has 164 valence electrons. The van der Waals surface area contributed by atoms with E-state index in [4.69, 9.17) is 10.5 Å². The fourth-order valence-corrected chi connectivity index (χ4v) is 3.56. The number of ether oxygens (including phenoxy) is 1. The summed E-state index contributed by atoms with van der Waals surface area (Å²) in [5.41, 5.74) is 7.03. The molecule has 5 N–H and O–H groups in total. The van der Waals surface area contributed by atoms with E-state index in [2.05, 4.69) is 25.0 Å². The molecule has 0 radical (unpaired) electrons. The van der Waals surface area contributed by atoms with Crippen molar-refractivity contribution in [2.24, 2.45) is 5.73 Å². The van der Waals surface area contributed by atoms with Gasteiger partial charge in [-0.15, -0.1) is 0 Å². The van der Waals surface area contributed by atoms with Crippen LogP contribution in [0.15, 0.2) is 30.7 Å². The van der Waals surface area contributed by atoms with Gasteiger partial charge in [-0.1, -0.05) is 18.2 Å². The number of hydrogen-bond donors (Lipinski definition) is 4. The summed E-state index contributed by atoms with van der Waals surface area (Å²) in [6.07, 6.45) is 3.73. The number of halogens is 2. The summed E-state index contributed by atoms with van der Waals surface area (Å²) in [4.78, 5) is 30.8. The Bertz CT molecular complexity index is 1040. The van der Waals surface area contributed by atoms with Crippen molar-refractivity contribution in [1.29, 1.82) is 0 Å². The number of primary amides is 1. The number of anilines is 1. The van der Waals surface area contributed by atoms with E-state index in [0.29, 0.717) is 18.5 Å². The lowest BCUT2D eigenvalue weighted by Crippen LogP contribution is -2.31. The third-order valence-electron chi connectivity index (χ3n) is 4.38. The molecule has 0 aliphatic rings. The zero-order valence-corrected chi connectivity index (χ0v) is 17.1. The summed E-state index contributed by atoms with van der Waals surface area (Å²) in [6.45, 7) is -1.48. The maximum Gasteiger partial charge on any atom is 0.319 e. The molecule has 0 atom stereocenters. The Morgan fingerprint density at radius 3 is 2.71 bits per heavy atom. The van der Waals surface area contributed by atoms with Gasteiger partial charge >= 0.3 is 6.03 Å². The van der Waals surface area contributed by atoms with Crippen LogP contribution in [0.2, 0.25) is 0 Å². The number of hydrogen-bond acceptors (Lipinski definition) is 6. The zero-order valence-electron chi connectivity index (χ0n) is 16.3. The number of benzene rings is 1. The number of alkyl halides is 2. The summed E-state index contributed by atoms with van der Waals surface area (Å²) in [7, 11) is 0. The van der Waals surface area contributed by atoms with Crippen molar-refractivity contribution in [2.45, 2.75) is 26.4 Å². The summed E-state index contributed by atoms with van der Waals surface area (Å²) in [5, 5.41) is 5.28. The van der Waals surface area contributed by atoms with Gasteiger partial charge in [0.05, 0.1) is 6.33 Å². The molecular weight excluding hydrogens is 430 g/mol. The lowest BCUT2D eigenvalue weighted by molar-refractivity contribution is 0.0996. The summed E-state index contributed by atoms with van der Waals surface area (Å²) >= 11 is 0.819. The van der Waals surface area contributed by atoms with Gasteiger partial charge in [0.15, 0.2) is 0 Å². The van der Waals surface area contributed by atoms with Crippen molar-refractivity contribution in [3.05, 3.63) is 58.7 Å². The van der Waals surface area contributed by atoms with E-state index in [9.17, 15) is 18.4 Å². The van der Waals surface area contributed by atoms with Crippen LogP contribution in [-0.4, -0.2) is 32.8 Å². The lowest BCUT2D eigenvalue weighted by atomic mass is 10.0. The normalized spacial score (nSPS) is 10.6. The number of urea groups is 1. The van der Waals surface area contributed by atoms with Crippen molar-refractivity contribution in [2.75, 3.05) is 11.9 Å². The molecule has 31 heavy (non-hydrogen) atoms. The van der Waals surface area contributed by atoms with Gasteiger partial charge in [-0.2, -0.15) is 4.37 Å². The molecule has 12 heteroatoms. The quantitative estimate of drug-likeness (QED) is 0.377. The zero-order chi connectivity index (χ0) is 22.2. The Hall–Kier alpha value is -3.54. The highest BCUT2D eigenvalue weighted by atomic mass is 32.1. The number of nitrogens with two attached hydrogens (primary N) is 1. The lowest BCUT2D eigenvalue weighted by Gasteiger charge is -2.11. The molecule has 3 amide bonds. The van der Waals surface area contributed by atoms with Gasteiger partial charge in [0.1, 0.15) is 30.5 Å². The molecule has 0 aliphatic heterocycles. The standard InChI is InChI=1S/C19H20F2N6O3S/c20-6-11-2-1-3-12(14(11)7-21)9-30-17-15(16(22)28)18(31-27-17)26-19(29)24-5-4-13-8-23-10-25-13/h1-3,8,10H,4-7,9H2,(H2,22,28)(H,23,25)(H2,24,26,29). The average Bonchev–Trinajstić information content (AvgIpc) is 3.41. The van der Waals surface area contributed by atoms with Crippen molar-refractivity contribution in [1.82, 2.24) is 19.7 Å². The first kappa shape index (κ1) is 22.2. The van der Waals surface area contributed by atoms with Gasteiger partial charge in [-0.25, -0.2) is 18.6 Å². The van der Waals surface area contributed by atoms with Gasteiger partial charge < -0.3 is 20.8 Å². The van der Waals surface area contributed by atoms with Gasteiger partial charge in [-0.3, -0.25) is 10.1 Å². The van der Waals surface area contributed by atoms with Crippen LogP contribution < -0.4 is 21.1 Å². The van der Waals surface area contributed by atoms with Crippen LogP contribution in [0.25, 0.3) is 0 Å². The minimum absolute atomic E-state index is 0.0966. The van der Waals surface area contributed by atoms with Crippen molar-refractivity contribution in [3.63, 3.8) is 0 Å². The highest BCUT2D eigenvalue weighted by molar-refractivity contribution is 7.11. The summed E-state index contributed by atoms with van der Waals surface area (Å²) in [5.74, 6) is -0.944. The predicted molar refractivity (Wildman–Crippen MR) is 110 cm³/mol. The maximum atomic E-state index is 13.3. The Morgan fingerprint density at radius 1 is 1.23 bits per heavy atom. The first-order valence-electron chi connectivity index (χ1n) is 9.19. The van der Waals surface area contributed by atoms with E-state index >= 15 is 0 Å². The first-order chi connectivity index (χ1) is 15.0. The Kier molecular flexibility index (Phi) is 7.49. The van der Waals surface area contributed by atoms with Crippen LogP contribution in [-0.2, 0) is 26.4 Å². The van der Waals surface area contributed by atoms with E-state index in [1.165, 1.54) is 12.4 Å². The number of carbonyl (C=O) groups excluding carboxylic acids is 2. The van der Waals surface area contributed by atoms with Crippen LogP contribution in [0, 0.1) is 0 Å². The number of aromatic nitrogens is 3. The smallest absolute Gasteiger partial charge is 0.319 e. The van der Waals surface area contributed by atoms with Crippen LogP contribution in [0.3, 0.4) is 0 Å². The highest BCUT2D eigenvalue weighted by Crippen LogP contribution is 2.31. The molecule has 1 aromatic carbocycles. The van der Waals surface area contributed by atoms with Crippen LogP contribution >= 0.6 is 11.5 Å². The summed E-state index contributed by atoms with van der Waals surface area (Å²) < 4.78 is 35.9. The minimum Gasteiger partial charge on any atom is -0.472 e. The van der Waals surface area contributed by atoms with Crippen molar-refractivity contribution < 1.29 is 23.1 Å². The van der Waals surface area contributed by atoms with Gasteiger partial charge in [0.2, 0.25) is 5.88 Å². The van der Waals surface area contributed by atoms with Crippen LogP contribution in [0.5, 0.6) is 5.88 Å². The monoisotopic (exact) mass is 450 g/mol. The molecule has 0 unspecified atom stereocenters. The second-order valence-corrected chi connectivity index (χ2v) is 7.15. The maximum absolute atomic E-state index is 13.3. The van der Waals surface area contributed by atoms with E-state index < -0.39 is 25.3 Å². The Balaban J connectivity index is 1.65. The third kappa shape index (κ3) is 5.54. The van der Waals surface area contributed by atoms with Crippen LogP contribution in [0.1, 0.15) is 32.7 Å². The molecule has 0 saturated carbocycles. The highest BCUT2D eigenvalue weighted by Gasteiger charge is 2.22. The van der Waals surface area contributed by atoms with Crippen molar-refractivity contribution >= 4 is 28.5 Å². The molecule has 2 heterocycles. The number of aromatic amines is 1. The number of carbonyl (C=O) groups is 2. The van der Waals surface area contributed by atoms with Gasteiger partial charge in [-0.05, 0) is 28.2 Å².